The van der Waals surface area contributed by atoms with E-state index in [4.69, 9.17) is 0 Å². The maximum absolute atomic E-state index is 13.0. The van der Waals surface area contributed by atoms with Crippen molar-refractivity contribution in [2.75, 3.05) is 5.32 Å². The molecule has 4 heterocycles. The van der Waals surface area contributed by atoms with Crippen molar-refractivity contribution in [2.24, 2.45) is 5.92 Å². The van der Waals surface area contributed by atoms with Crippen LogP contribution in [0.4, 0.5) is 10.2 Å². The first-order chi connectivity index (χ1) is 12.6. The summed E-state index contributed by atoms with van der Waals surface area (Å²) in [5.41, 5.74) is 4.71. The van der Waals surface area contributed by atoms with E-state index in [1.165, 1.54) is 0 Å². The highest BCUT2D eigenvalue weighted by Gasteiger charge is 2.43. The van der Waals surface area contributed by atoms with Gasteiger partial charge < -0.3 is 10.3 Å². The van der Waals surface area contributed by atoms with E-state index in [0.29, 0.717) is 12.2 Å². The molecule has 0 unspecified atom stereocenters. The molecule has 0 saturated heterocycles. The minimum atomic E-state index is -1.02. The Hall–Kier alpha value is -3.22. The standard InChI is InChI=1S/C19H16FN5O/c1-10-14(7-12-2-4-21-18(12)22-10)11-3-5-25-13(6-11)8-17(24-25)23-19(26)15-9-16(15)20/h2-8,15-16H,9H2,1H3,(H,21,22)(H,23,24,26)/t15-,16+/m1/s1. The number of alkyl halides is 1. The van der Waals surface area contributed by atoms with Crippen molar-refractivity contribution in [3.05, 3.63) is 48.4 Å². The average Bonchev–Trinajstić information content (AvgIpc) is 3.02. The van der Waals surface area contributed by atoms with Crippen molar-refractivity contribution in [1.82, 2.24) is 19.6 Å². The van der Waals surface area contributed by atoms with Gasteiger partial charge in [0.05, 0.1) is 11.4 Å². The summed E-state index contributed by atoms with van der Waals surface area (Å²) in [4.78, 5) is 19.6. The SMILES string of the molecule is Cc1nc2[nH]ccc2cc1-c1ccn2nc(NC(=O)[C@@H]3C[C@@H]3F)cc2c1. The van der Waals surface area contributed by atoms with Gasteiger partial charge in [-0.2, -0.15) is 5.10 Å². The molecule has 0 bridgehead atoms. The zero-order chi connectivity index (χ0) is 17.8. The number of nitrogens with one attached hydrogen (secondary N) is 2. The Balaban J connectivity index is 1.50. The first kappa shape index (κ1) is 15.1. The maximum Gasteiger partial charge on any atom is 0.231 e. The molecule has 7 heteroatoms. The number of amides is 1. The molecule has 0 aromatic carbocycles. The smallest absolute Gasteiger partial charge is 0.231 e. The summed E-state index contributed by atoms with van der Waals surface area (Å²) in [6.07, 6.45) is 3.00. The van der Waals surface area contributed by atoms with E-state index in [0.717, 1.165) is 33.4 Å². The Morgan fingerprint density at radius 2 is 2.19 bits per heavy atom. The molecular weight excluding hydrogens is 333 g/mol. The fourth-order valence-electron chi connectivity index (χ4n) is 3.24. The minimum Gasteiger partial charge on any atom is -0.346 e. The lowest BCUT2D eigenvalue weighted by Gasteiger charge is -2.06. The second-order valence-electron chi connectivity index (χ2n) is 6.70. The van der Waals surface area contributed by atoms with E-state index in [1.54, 1.807) is 10.6 Å². The number of pyridine rings is 2. The predicted molar refractivity (Wildman–Crippen MR) is 96.6 cm³/mol. The Morgan fingerprint density at radius 1 is 1.35 bits per heavy atom. The number of hydrogen-bond donors (Lipinski definition) is 2. The molecule has 130 valence electrons. The van der Waals surface area contributed by atoms with Crippen molar-refractivity contribution in [2.45, 2.75) is 19.5 Å². The van der Waals surface area contributed by atoms with Gasteiger partial charge >= 0.3 is 0 Å². The first-order valence-electron chi connectivity index (χ1n) is 8.48. The monoisotopic (exact) mass is 349 g/mol. The largest absolute Gasteiger partial charge is 0.346 e. The Kier molecular flexibility index (Phi) is 3.12. The van der Waals surface area contributed by atoms with Crippen molar-refractivity contribution >= 4 is 28.3 Å². The number of carbonyl (C=O) groups excluding carboxylic acids is 1. The van der Waals surface area contributed by atoms with Gasteiger partial charge in [-0.05, 0) is 43.2 Å². The molecular formula is C19H16FN5O. The number of aromatic nitrogens is 4. The fourth-order valence-corrected chi connectivity index (χ4v) is 3.24. The van der Waals surface area contributed by atoms with E-state index in [-0.39, 0.29) is 5.91 Å². The van der Waals surface area contributed by atoms with Crippen LogP contribution in [-0.4, -0.2) is 31.7 Å². The summed E-state index contributed by atoms with van der Waals surface area (Å²) in [5, 5.41) is 8.07. The van der Waals surface area contributed by atoms with Crippen LogP contribution in [-0.2, 0) is 4.79 Å². The van der Waals surface area contributed by atoms with Crippen LogP contribution < -0.4 is 5.32 Å². The number of halogens is 1. The maximum atomic E-state index is 13.0. The van der Waals surface area contributed by atoms with Gasteiger partial charge in [-0.3, -0.25) is 4.79 Å². The summed E-state index contributed by atoms with van der Waals surface area (Å²) in [7, 11) is 0. The van der Waals surface area contributed by atoms with Crippen LogP contribution in [0.15, 0.2) is 42.7 Å². The summed E-state index contributed by atoms with van der Waals surface area (Å²) in [6, 6.07) is 9.85. The number of anilines is 1. The molecule has 4 aromatic rings. The van der Waals surface area contributed by atoms with Crippen LogP contribution in [0.3, 0.4) is 0 Å². The topological polar surface area (TPSA) is 75.1 Å². The number of hydrogen-bond acceptors (Lipinski definition) is 3. The third kappa shape index (κ3) is 2.44. The molecule has 1 fully saturated rings. The van der Waals surface area contributed by atoms with Crippen LogP contribution in [0.5, 0.6) is 0 Å². The number of carbonyl (C=O) groups is 1. The van der Waals surface area contributed by atoms with Gasteiger partial charge in [0.1, 0.15) is 11.8 Å². The average molecular weight is 349 g/mol. The molecule has 2 N–H and O–H groups in total. The fraction of sp³-hybridized carbons (Fsp3) is 0.211. The van der Waals surface area contributed by atoms with Crippen LogP contribution in [0.2, 0.25) is 0 Å². The van der Waals surface area contributed by atoms with Crippen LogP contribution in [0.25, 0.3) is 27.7 Å². The van der Waals surface area contributed by atoms with Gasteiger partial charge in [-0.1, -0.05) is 0 Å². The van der Waals surface area contributed by atoms with Gasteiger partial charge in [0.15, 0.2) is 5.82 Å². The van der Waals surface area contributed by atoms with Crippen molar-refractivity contribution < 1.29 is 9.18 Å². The molecule has 1 aliphatic carbocycles. The minimum absolute atomic E-state index is 0.303. The van der Waals surface area contributed by atoms with Gasteiger partial charge in [-0.25, -0.2) is 13.9 Å². The van der Waals surface area contributed by atoms with Gasteiger partial charge in [0.2, 0.25) is 5.91 Å². The third-order valence-corrected chi connectivity index (χ3v) is 4.80. The zero-order valence-corrected chi connectivity index (χ0v) is 14.0. The first-order valence-corrected chi connectivity index (χ1v) is 8.48. The Labute approximate surface area is 148 Å². The van der Waals surface area contributed by atoms with Gasteiger partial charge in [0.25, 0.3) is 0 Å². The van der Waals surface area contributed by atoms with Crippen LogP contribution in [0.1, 0.15) is 12.1 Å². The molecule has 5 rings (SSSR count). The number of rotatable bonds is 3. The normalized spacial score (nSPS) is 19.2. The molecule has 0 radical (unpaired) electrons. The van der Waals surface area contributed by atoms with Crippen molar-refractivity contribution in [1.29, 1.82) is 0 Å². The van der Waals surface area contributed by atoms with E-state index >= 15 is 0 Å². The lowest BCUT2D eigenvalue weighted by molar-refractivity contribution is -0.117. The number of nitrogens with zero attached hydrogens (tertiary/aromatic N) is 3. The lowest BCUT2D eigenvalue weighted by Crippen LogP contribution is -2.15. The van der Waals surface area contributed by atoms with E-state index in [1.807, 2.05) is 37.5 Å². The molecule has 2 atom stereocenters. The molecule has 1 aliphatic rings. The molecule has 1 amide bonds. The number of H-pyrrole nitrogens is 1. The second kappa shape index (κ2) is 5.39. The Morgan fingerprint density at radius 3 is 3.00 bits per heavy atom. The van der Waals surface area contributed by atoms with Gasteiger partial charge in [0, 0.05) is 35.1 Å². The van der Waals surface area contributed by atoms with Crippen LogP contribution >= 0.6 is 0 Å². The third-order valence-electron chi connectivity index (χ3n) is 4.80. The molecule has 0 aliphatic heterocycles. The highest BCUT2D eigenvalue weighted by Crippen LogP contribution is 2.34. The predicted octanol–water partition coefficient (Wildman–Crippen LogP) is 3.48. The van der Waals surface area contributed by atoms with E-state index < -0.39 is 12.1 Å². The molecule has 4 aromatic heterocycles. The molecule has 1 saturated carbocycles. The lowest BCUT2D eigenvalue weighted by atomic mass is 10.0. The second-order valence-corrected chi connectivity index (χ2v) is 6.70. The highest BCUT2D eigenvalue weighted by atomic mass is 19.1. The quantitative estimate of drug-likeness (QED) is 0.595. The van der Waals surface area contributed by atoms with Crippen molar-refractivity contribution in [3.63, 3.8) is 0 Å². The number of fused-ring (bicyclic) bond motifs is 2. The number of aryl methyl sites for hydroxylation is 1. The summed E-state index contributed by atoms with van der Waals surface area (Å²) < 4.78 is 14.7. The molecule has 26 heavy (non-hydrogen) atoms. The summed E-state index contributed by atoms with van der Waals surface area (Å²) in [6.45, 7) is 1.98. The van der Waals surface area contributed by atoms with Gasteiger partial charge in [-0.15, -0.1) is 0 Å². The van der Waals surface area contributed by atoms with E-state index in [9.17, 15) is 9.18 Å². The Bertz CT molecular complexity index is 1160. The van der Waals surface area contributed by atoms with Crippen LogP contribution in [0, 0.1) is 12.8 Å². The summed E-state index contributed by atoms with van der Waals surface area (Å²) >= 11 is 0. The number of aromatic amines is 1. The zero-order valence-electron chi connectivity index (χ0n) is 14.0. The summed E-state index contributed by atoms with van der Waals surface area (Å²) in [5.74, 6) is -0.404. The van der Waals surface area contributed by atoms with E-state index in [2.05, 4.69) is 26.4 Å². The molecule has 0 spiro atoms. The molecule has 6 nitrogen and oxygen atoms in total. The van der Waals surface area contributed by atoms with Crippen molar-refractivity contribution in [3.8, 4) is 11.1 Å². The highest BCUT2D eigenvalue weighted by molar-refractivity contribution is 5.94.